The molecule has 352 valence electrons. The van der Waals surface area contributed by atoms with Gasteiger partial charge in [-0.25, -0.2) is 0 Å². The van der Waals surface area contributed by atoms with Crippen LogP contribution in [0.15, 0.2) is 0 Å². The highest BCUT2D eigenvalue weighted by molar-refractivity contribution is 4.74. The molecule has 0 fully saturated rings. The third kappa shape index (κ3) is 30.8. The summed E-state index contributed by atoms with van der Waals surface area (Å²) in [5.74, 6) is 0.864. The Balaban J connectivity index is 0. The predicted molar refractivity (Wildman–Crippen MR) is 268 cm³/mol. The van der Waals surface area contributed by atoms with Crippen LogP contribution in [0, 0.1) is 16.7 Å². The van der Waals surface area contributed by atoms with Gasteiger partial charge in [0.15, 0.2) is 0 Å². The van der Waals surface area contributed by atoms with Crippen molar-refractivity contribution >= 4 is 0 Å². The number of hydrogen-bond acceptors (Lipinski definition) is 0. The van der Waals surface area contributed by atoms with Crippen molar-refractivity contribution in [2.45, 2.75) is 264 Å². The maximum Gasteiger partial charge on any atom is 0.0786 e. The van der Waals surface area contributed by atoms with Gasteiger partial charge in [-0.1, -0.05) is 162 Å². The molecule has 0 spiro atoms. The minimum absolute atomic E-state index is 0.428. The van der Waals surface area contributed by atoms with E-state index in [2.05, 4.69) is 104 Å². The van der Waals surface area contributed by atoms with Gasteiger partial charge < -0.3 is 13.4 Å². The Morgan fingerprint density at radius 1 is 0.276 bits per heavy atom. The molecule has 0 amide bonds. The molecule has 0 rings (SSSR count). The van der Waals surface area contributed by atoms with Crippen LogP contribution in [0.3, 0.4) is 0 Å². The first-order valence-electron chi connectivity index (χ1n) is 27.1. The Morgan fingerprint density at radius 2 is 0.483 bits per heavy atom. The molecular weight excluding hydrogens is 703 g/mol. The lowest BCUT2D eigenvalue weighted by Crippen LogP contribution is -2.51. The van der Waals surface area contributed by atoms with Crippen molar-refractivity contribution in [1.82, 2.24) is 0 Å². The third-order valence-corrected chi connectivity index (χ3v) is 14.3. The fourth-order valence-corrected chi connectivity index (χ4v) is 9.91. The van der Waals surface area contributed by atoms with Gasteiger partial charge in [-0.3, -0.25) is 0 Å². The van der Waals surface area contributed by atoms with Crippen molar-refractivity contribution in [2.75, 3.05) is 78.5 Å². The first kappa shape index (κ1) is 60.0. The van der Waals surface area contributed by atoms with Gasteiger partial charge in [-0.2, -0.15) is 0 Å². The van der Waals surface area contributed by atoms with Crippen LogP contribution in [-0.4, -0.2) is 92.0 Å². The van der Waals surface area contributed by atoms with Crippen LogP contribution < -0.4 is 0 Å². The molecule has 3 nitrogen and oxygen atoms in total. The molecule has 0 aromatic carbocycles. The van der Waals surface area contributed by atoms with Crippen LogP contribution in [0.25, 0.3) is 0 Å². The predicted octanol–water partition coefficient (Wildman–Crippen LogP) is 17.1. The molecule has 58 heavy (non-hydrogen) atoms. The zero-order valence-electron chi connectivity index (χ0n) is 44.1. The van der Waals surface area contributed by atoms with Gasteiger partial charge in [0.2, 0.25) is 0 Å². The molecule has 0 heterocycles. The Labute approximate surface area is 371 Å². The average Bonchev–Trinajstić information content (AvgIpc) is 3.19. The van der Waals surface area contributed by atoms with Crippen LogP contribution >= 0.6 is 0 Å². The van der Waals surface area contributed by atoms with E-state index in [4.69, 9.17) is 0 Å². The molecule has 0 aliphatic carbocycles. The van der Waals surface area contributed by atoms with Crippen LogP contribution in [-0.2, 0) is 0 Å². The van der Waals surface area contributed by atoms with Crippen LogP contribution in [0.5, 0.6) is 0 Å². The quantitative estimate of drug-likeness (QED) is 0.0428. The highest BCUT2D eigenvalue weighted by Crippen LogP contribution is 2.35. The topological polar surface area (TPSA) is 0 Å². The summed E-state index contributed by atoms with van der Waals surface area (Å²) < 4.78 is 4.24. The smallest absolute Gasteiger partial charge is 0.0786 e. The molecule has 0 saturated carbocycles. The summed E-state index contributed by atoms with van der Waals surface area (Å²) >= 11 is 0. The average molecular weight is 824 g/mol. The van der Waals surface area contributed by atoms with Gasteiger partial charge in [-0.15, -0.1) is 0 Å². The third-order valence-electron chi connectivity index (χ3n) is 14.3. The fourth-order valence-electron chi connectivity index (χ4n) is 9.91. The summed E-state index contributed by atoms with van der Waals surface area (Å²) in [5, 5.41) is 0. The second kappa shape index (κ2) is 36.4. The second-order valence-electron chi connectivity index (χ2n) is 22.3. The number of quaternary nitrogens is 3. The molecule has 0 aromatic rings. The van der Waals surface area contributed by atoms with E-state index in [1.54, 1.807) is 0 Å². The summed E-state index contributed by atoms with van der Waals surface area (Å²) in [7, 11) is 0. The highest BCUT2D eigenvalue weighted by Gasteiger charge is 2.31. The summed E-state index contributed by atoms with van der Waals surface area (Å²) in [6.45, 7) is 53.1. The monoisotopic (exact) mass is 823 g/mol. The van der Waals surface area contributed by atoms with E-state index in [1.165, 1.54) is 253 Å². The largest absolute Gasteiger partial charge is 0.324 e. The van der Waals surface area contributed by atoms with Gasteiger partial charge in [0, 0.05) is 0 Å². The molecular formula is C55H120N3+3. The summed E-state index contributed by atoms with van der Waals surface area (Å²) in [6, 6.07) is 0. The van der Waals surface area contributed by atoms with Gasteiger partial charge in [0.1, 0.15) is 0 Å². The second-order valence-corrected chi connectivity index (χ2v) is 22.3. The maximum absolute atomic E-state index is 2.53. The van der Waals surface area contributed by atoms with Crippen molar-refractivity contribution < 1.29 is 13.4 Å². The molecule has 0 aliphatic heterocycles. The van der Waals surface area contributed by atoms with Gasteiger partial charge in [-0.05, 0) is 119 Å². The standard InChI is InChI=1S/C35H76N2.C20H44N/c1-10-16-26-36(27-17-11-2,28-18-12-3)32-22-24-34(35(7,8)9)25-23-33-37(29-19-13-4,30-20-14-5)31-21-15-6;1-7-10-16-21(17-11-8-2,18-12-9-3)19-14-13-15-20(4,5)6/h34H,10-33H2,1-9H3;7-19H2,1-6H3/q+2;+1. The van der Waals surface area contributed by atoms with E-state index in [1.807, 2.05) is 0 Å². The number of hydrogen-bond donors (Lipinski definition) is 0. The van der Waals surface area contributed by atoms with Crippen molar-refractivity contribution in [3.63, 3.8) is 0 Å². The fraction of sp³-hybridized carbons (Fsp3) is 1.00. The number of unbranched alkanes of at least 4 members (excludes halogenated alkanes) is 10. The lowest BCUT2D eigenvalue weighted by molar-refractivity contribution is -0.929. The molecule has 3 heteroatoms. The van der Waals surface area contributed by atoms with E-state index in [0.29, 0.717) is 10.8 Å². The molecule has 0 saturated heterocycles. The molecule has 0 N–H and O–H groups in total. The maximum atomic E-state index is 2.53. The molecule has 0 unspecified atom stereocenters. The Kier molecular flexibility index (Phi) is 37.6. The summed E-state index contributed by atoms with van der Waals surface area (Å²) in [5.41, 5.74) is 0.934. The molecule has 0 aliphatic rings. The van der Waals surface area contributed by atoms with E-state index >= 15 is 0 Å². The zero-order chi connectivity index (χ0) is 44.2. The van der Waals surface area contributed by atoms with E-state index in [-0.39, 0.29) is 0 Å². The molecule has 0 bridgehead atoms. The zero-order valence-corrected chi connectivity index (χ0v) is 44.1. The molecule has 0 atom stereocenters. The molecule has 0 radical (unpaired) electrons. The van der Waals surface area contributed by atoms with Crippen molar-refractivity contribution in [2.24, 2.45) is 16.7 Å². The highest BCUT2D eigenvalue weighted by atomic mass is 15.4. The van der Waals surface area contributed by atoms with Crippen LogP contribution in [0.4, 0.5) is 0 Å². The van der Waals surface area contributed by atoms with Gasteiger partial charge >= 0.3 is 0 Å². The minimum Gasteiger partial charge on any atom is -0.324 e. The number of nitrogens with zero attached hydrogens (tertiary/aromatic N) is 3. The van der Waals surface area contributed by atoms with Crippen molar-refractivity contribution in [3.8, 4) is 0 Å². The molecule has 0 aromatic heterocycles. The van der Waals surface area contributed by atoms with Crippen molar-refractivity contribution in [3.05, 3.63) is 0 Å². The Morgan fingerprint density at radius 3 is 0.672 bits per heavy atom. The van der Waals surface area contributed by atoms with Crippen LogP contribution in [0.2, 0.25) is 0 Å². The first-order chi connectivity index (χ1) is 27.6. The summed E-state index contributed by atoms with van der Waals surface area (Å²) in [4.78, 5) is 0. The van der Waals surface area contributed by atoms with E-state index in [0.717, 1.165) is 5.92 Å². The number of rotatable bonds is 39. The SMILES string of the molecule is CCCC[N+](CCCC)(CCCC)CCCC(CCC[N+](CCCC)(CCCC)CCCC)C(C)(C)C.CCCC[N+](CCCC)(CCCC)CCCCC(C)(C)C. The van der Waals surface area contributed by atoms with E-state index in [9.17, 15) is 0 Å². The minimum atomic E-state index is 0.428. The van der Waals surface area contributed by atoms with E-state index < -0.39 is 0 Å². The lowest BCUT2D eigenvalue weighted by Gasteiger charge is -2.41. The van der Waals surface area contributed by atoms with Gasteiger partial charge in [0.25, 0.3) is 0 Å². The Bertz CT molecular complexity index is 747. The van der Waals surface area contributed by atoms with Gasteiger partial charge in [0.05, 0.1) is 78.5 Å². The normalized spacial score (nSPS) is 13.0. The Hall–Kier alpha value is -0.120. The first-order valence-corrected chi connectivity index (χ1v) is 27.1. The lowest BCUT2D eigenvalue weighted by atomic mass is 9.75. The van der Waals surface area contributed by atoms with Crippen LogP contribution in [0.1, 0.15) is 264 Å². The van der Waals surface area contributed by atoms with Crippen molar-refractivity contribution in [1.29, 1.82) is 0 Å². The summed E-state index contributed by atoms with van der Waals surface area (Å²) in [6.07, 6.45) is 34.7.